The summed E-state index contributed by atoms with van der Waals surface area (Å²) < 4.78 is 0. The molecule has 1 aromatic heterocycles. The molecule has 19 heavy (non-hydrogen) atoms. The largest absolute Gasteiger partial charge is 0.393 e. The monoisotopic (exact) mass is 257 g/mol. The number of H-pyrrole nitrogens is 1. The van der Waals surface area contributed by atoms with Crippen LogP contribution in [0.15, 0.2) is 18.3 Å². The van der Waals surface area contributed by atoms with E-state index in [2.05, 4.69) is 37.2 Å². The minimum Gasteiger partial charge on any atom is -0.393 e. The number of aliphatic hydroxyl groups excluding tert-OH is 1. The molecule has 1 saturated carbocycles. The fourth-order valence-corrected chi connectivity index (χ4v) is 3.53. The number of hydrogen-bond donors (Lipinski definition) is 2. The summed E-state index contributed by atoms with van der Waals surface area (Å²) in [6, 6.07) is 4.49. The lowest BCUT2D eigenvalue weighted by molar-refractivity contribution is 0.0702. The zero-order valence-corrected chi connectivity index (χ0v) is 11.9. The highest BCUT2D eigenvalue weighted by molar-refractivity contribution is 5.86. The van der Waals surface area contributed by atoms with E-state index in [1.54, 1.807) is 0 Å². The van der Waals surface area contributed by atoms with Gasteiger partial charge in [-0.05, 0) is 56.2 Å². The summed E-state index contributed by atoms with van der Waals surface area (Å²) >= 11 is 0. The van der Waals surface area contributed by atoms with Gasteiger partial charge in [0.15, 0.2) is 0 Å². The van der Waals surface area contributed by atoms with Crippen LogP contribution >= 0.6 is 0 Å². The third-order valence-corrected chi connectivity index (χ3v) is 4.57. The highest BCUT2D eigenvalue weighted by Gasteiger charge is 2.24. The Bertz CT molecular complexity index is 584. The van der Waals surface area contributed by atoms with Crippen LogP contribution in [0.1, 0.15) is 42.4 Å². The fourth-order valence-electron chi connectivity index (χ4n) is 3.53. The molecule has 2 nitrogen and oxygen atoms in total. The van der Waals surface area contributed by atoms with Gasteiger partial charge in [0.1, 0.15) is 0 Å². The van der Waals surface area contributed by atoms with Crippen molar-refractivity contribution in [3.63, 3.8) is 0 Å². The van der Waals surface area contributed by atoms with Crippen LogP contribution in [0.25, 0.3) is 10.9 Å². The molecule has 1 fully saturated rings. The summed E-state index contributed by atoms with van der Waals surface area (Å²) in [5, 5.41) is 11.5. The summed E-state index contributed by atoms with van der Waals surface area (Å²) in [5.74, 6) is 0.438. The van der Waals surface area contributed by atoms with E-state index in [-0.39, 0.29) is 6.10 Å². The molecule has 1 aliphatic carbocycles. The molecular weight excluding hydrogens is 234 g/mol. The standard InChI is InChI=1S/C17H23NO/c1-11-7-12(2)17-15(8-11)14(10-18-17)9-13-5-3-4-6-16(13)19/h7-8,10,13,16,18-19H,3-6,9H2,1-2H3. The van der Waals surface area contributed by atoms with Crippen molar-refractivity contribution in [1.82, 2.24) is 4.98 Å². The van der Waals surface area contributed by atoms with Gasteiger partial charge in [-0.3, -0.25) is 0 Å². The lowest BCUT2D eigenvalue weighted by Gasteiger charge is -2.27. The van der Waals surface area contributed by atoms with Crippen LogP contribution in [0.5, 0.6) is 0 Å². The van der Waals surface area contributed by atoms with Crippen LogP contribution in [0.3, 0.4) is 0 Å². The van der Waals surface area contributed by atoms with Crippen molar-refractivity contribution < 1.29 is 5.11 Å². The summed E-state index contributed by atoms with van der Waals surface area (Å²) in [6.07, 6.45) is 7.63. The molecule has 1 heterocycles. The predicted octanol–water partition coefficient (Wildman–Crippen LogP) is 3.88. The highest BCUT2D eigenvalue weighted by atomic mass is 16.3. The molecule has 1 aliphatic rings. The minimum absolute atomic E-state index is 0.107. The van der Waals surface area contributed by atoms with Crippen molar-refractivity contribution in [3.8, 4) is 0 Å². The van der Waals surface area contributed by atoms with Gasteiger partial charge in [-0.1, -0.05) is 24.5 Å². The van der Waals surface area contributed by atoms with E-state index in [4.69, 9.17) is 0 Å². The first kappa shape index (κ1) is 12.7. The first-order valence-corrected chi connectivity index (χ1v) is 7.40. The molecule has 0 amide bonds. The van der Waals surface area contributed by atoms with E-state index in [0.29, 0.717) is 5.92 Å². The summed E-state index contributed by atoms with van der Waals surface area (Å²) in [4.78, 5) is 3.41. The lowest BCUT2D eigenvalue weighted by atomic mass is 9.82. The molecule has 0 aliphatic heterocycles. The topological polar surface area (TPSA) is 36.0 Å². The number of fused-ring (bicyclic) bond motifs is 1. The van der Waals surface area contributed by atoms with Gasteiger partial charge >= 0.3 is 0 Å². The van der Waals surface area contributed by atoms with Gasteiger partial charge in [0.2, 0.25) is 0 Å². The molecule has 2 heteroatoms. The van der Waals surface area contributed by atoms with Crippen molar-refractivity contribution in [3.05, 3.63) is 35.0 Å². The normalized spacial score (nSPS) is 23.9. The van der Waals surface area contributed by atoms with Gasteiger partial charge in [-0.15, -0.1) is 0 Å². The lowest BCUT2D eigenvalue weighted by Crippen LogP contribution is -2.26. The quantitative estimate of drug-likeness (QED) is 0.841. The van der Waals surface area contributed by atoms with Crippen LogP contribution < -0.4 is 0 Å². The Morgan fingerprint density at radius 1 is 1.21 bits per heavy atom. The van der Waals surface area contributed by atoms with Crippen molar-refractivity contribution in [2.45, 2.75) is 52.1 Å². The second-order valence-electron chi connectivity index (χ2n) is 6.13. The fraction of sp³-hybridized carbons (Fsp3) is 0.529. The SMILES string of the molecule is Cc1cc(C)c2[nH]cc(CC3CCCCC3O)c2c1. The molecule has 3 rings (SSSR count). The van der Waals surface area contributed by atoms with E-state index in [1.165, 1.54) is 46.9 Å². The number of benzene rings is 1. The molecule has 0 saturated heterocycles. The molecular formula is C17H23NO. The molecule has 2 N–H and O–H groups in total. The molecule has 0 spiro atoms. The number of hydrogen-bond acceptors (Lipinski definition) is 1. The van der Waals surface area contributed by atoms with Crippen molar-refractivity contribution in [1.29, 1.82) is 0 Å². The van der Waals surface area contributed by atoms with Crippen LogP contribution in [0.4, 0.5) is 0 Å². The first-order valence-electron chi connectivity index (χ1n) is 7.40. The Kier molecular flexibility index (Phi) is 3.36. The molecule has 2 aromatic rings. The Hall–Kier alpha value is -1.28. The second kappa shape index (κ2) is 5.01. The molecule has 1 aromatic carbocycles. The Morgan fingerprint density at radius 3 is 2.79 bits per heavy atom. The predicted molar refractivity (Wildman–Crippen MR) is 79.4 cm³/mol. The third kappa shape index (κ3) is 2.42. The summed E-state index contributed by atoms with van der Waals surface area (Å²) in [6.45, 7) is 4.31. The number of aryl methyl sites for hydroxylation is 2. The van der Waals surface area contributed by atoms with Gasteiger partial charge < -0.3 is 10.1 Å². The number of nitrogens with one attached hydrogen (secondary N) is 1. The van der Waals surface area contributed by atoms with Crippen molar-refractivity contribution in [2.75, 3.05) is 0 Å². The summed E-state index contributed by atoms with van der Waals surface area (Å²) in [5.41, 5.74) is 5.25. The molecule has 2 atom stereocenters. The van der Waals surface area contributed by atoms with Gasteiger partial charge in [0.25, 0.3) is 0 Å². The maximum atomic E-state index is 10.1. The van der Waals surface area contributed by atoms with Gasteiger partial charge in [-0.2, -0.15) is 0 Å². The molecule has 102 valence electrons. The van der Waals surface area contributed by atoms with E-state index >= 15 is 0 Å². The maximum Gasteiger partial charge on any atom is 0.0571 e. The van der Waals surface area contributed by atoms with Crippen LogP contribution in [-0.2, 0) is 6.42 Å². The van der Waals surface area contributed by atoms with E-state index < -0.39 is 0 Å². The Labute approximate surface area is 114 Å². The molecule has 0 radical (unpaired) electrons. The summed E-state index contributed by atoms with van der Waals surface area (Å²) in [7, 11) is 0. The number of rotatable bonds is 2. The second-order valence-corrected chi connectivity index (χ2v) is 6.13. The maximum absolute atomic E-state index is 10.1. The smallest absolute Gasteiger partial charge is 0.0571 e. The average Bonchev–Trinajstić information content (AvgIpc) is 2.76. The first-order chi connectivity index (χ1) is 9.15. The van der Waals surface area contributed by atoms with Gasteiger partial charge in [-0.25, -0.2) is 0 Å². The average molecular weight is 257 g/mol. The Balaban J connectivity index is 1.92. The van der Waals surface area contributed by atoms with E-state index in [9.17, 15) is 5.11 Å². The van der Waals surface area contributed by atoms with E-state index in [1.807, 2.05) is 0 Å². The van der Waals surface area contributed by atoms with Crippen LogP contribution in [0, 0.1) is 19.8 Å². The molecule has 2 unspecified atom stereocenters. The van der Waals surface area contributed by atoms with E-state index in [0.717, 1.165) is 12.8 Å². The van der Waals surface area contributed by atoms with Crippen LogP contribution in [0.2, 0.25) is 0 Å². The number of aromatic amines is 1. The van der Waals surface area contributed by atoms with Crippen molar-refractivity contribution >= 4 is 10.9 Å². The molecule has 0 bridgehead atoms. The zero-order chi connectivity index (χ0) is 13.4. The minimum atomic E-state index is -0.107. The van der Waals surface area contributed by atoms with Crippen LogP contribution in [-0.4, -0.2) is 16.2 Å². The number of aromatic nitrogens is 1. The Morgan fingerprint density at radius 2 is 2.00 bits per heavy atom. The van der Waals surface area contributed by atoms with Gasteiger partial charge in [0.05, 0.1) is 6.10 Å². The van der Waals surface area contributed by atoms with Gasteiger partial charge in [0, 0.05) is 17.1 Å². The zero-order valence-electron chi connectivity index (χ0n) is 11.9. The number of aliphatic hydroxyl groups is 1. The third-order valence-electron chi connectivity index (χ3n) is 4.57. The highest BCUT2D eigenvalue weighted by Crippen LogP contribution is 2.31. The van der Waals surface area contributed by atoms with Crippen molar-refractivity contribution in [2.24, 2.45) is 5.92 Å².